The van der Waals surface area contributed by atoms with Gasteiger partial charge in [-0.3, -0.25) is 0 Å². The fourth-order valence-corrected chi connectivity index (χ4v) is 4.87. The molecule has 4 heterocycles. The number of hydrogen-bond acceptors (Lipinski definition) is 6. The van der Waals surface area contributed by atoms with Crippen LogP contribution < -0.4 is 0 Å². The van der Waals surface area contributed by atoms with Gasteiger partial charge >= 0.3 is 0 Å². The molecule has 6 aromatic rings. The van der Waals surface area contributed by atoms with Gasteiger partial charge in [0.15, 0.2) is 11.6 Å². The Bertz CT molecular complexity index is 1600. The summed E-state index contributed by atoms with van der Waals surface area (Å²) in [5.41, 5.74) is 8.60. The van der Waals surface area contributed by atoms with Gasteiger partial charge in [-0.1, -0.05) is 25.0 Å². The Kier molecular flexibility index (Phi) is 6.44. The van der Waals surface area contributed by atoms with Crippen LogP contribution in [0.25, 0.3) is 44.8 Å². The average molecular weight is 501 g/mol. The van der Waals surface area contributed by atoms with Gasteiger partial charge in [0.25, 0.3) is 0 Å². The first-order valence-corrected chi connectivity index (χ1v) is 12.9. The number of aromatic amines is 2. The zero-order valence-electron chi connectivity index (χ0n) is 21.4. The summed E-state index contributed by atoms with van der Waals surface area (Å²) in [5, 5.41) is 0. The number of benzene rings is 2. The Morgan fingerprint density at radius 3 is 1.42 bits per heavy atom. The summed E-state index contributed by atoms with van der Waals surface area (Å²) in [7, 11) is 0. The molecule has 0 fully saturated rings. The predicted molar refractivity (Wildman–Crippen MR) is 149 cm³/mol. The lowest BCUT2D eigenvalue weighted by Crippen LogP contribution is -2.01. The van der Waals surface area contributed by atoms with Crippen LogP contribution in [-0.4, -0.2) is 39.9 Å². The number of fused-ring (bicyclic) bond motifs is 2. The fourth-order valence-electron chi connectivity index (χ4n) is 4.87. The van der Waals surface area contributed by atoms with Crippen molar-refractivity contribution in [3.8, 4) is 22.8 Å². The molecule has 38 heavy (non-hydrogen) atoms. The minimum absolute atomic E-state index is 0.710. The molecule has 0 amide bonds. The second-order valence-electron chi connectivity index (χ2n) is 9.24. The van der Waals surface area contributed by atoms with Crippen molar-refractivity contribution in [3.63, 3.8) is 0 Å². The number of aromatic nitrogens is 8. The van der Waals surface area contributed by atoms with Gasteiger partial charge in [-0.05, 0) is 61.4 Å². The molecule has 0 radical (unpaired) electrons. The number of hydrogen-bond donors (Lipinski definition) is 2. The van der Waals surface area contributed by atoms with Gasteiger partial charge in [-0.15, -0.1) is 0 Å². The molecule has 0 bridgehead atoms. The molecule has 0 saturated heterocycles. The van der Waals surface area contributed by atoms with Gasteiger partial charge in [0.1, 0.15) is 11.6 Å². The summed E-state index contributed by atoms with van der Waals surface area (Å²) < 4.78 is 0. The lowest BCUT2D eigenvalue weighted by atomic mass is 9.97. The zero-order valence-corrected chi connectivity index (χ0v) is 21.4. The van der Waals surface area contributed by atoms with E-state index in [1.807, 2.05) is 36.4 Å². The SMILES string of the molecule is CC/C(Cc1nc2ccc(-c3ncccn3)cc2[nH]1)=C(/CC)Cc1nc2ccc(-c3ncccn3)cc2[nH]1. The molecule has 0 aliphatic heterocycles. The lowest BCUT2D eigenvalue weighted by molar-refractivity contribution is 0.848. The molecule has 0 unspecified atom stereocenters. The largest absolute Gasteiger partial charge is 0.342 e. The van der Waals surface area contributed by atoms with Crippen LogP contribution in [0.4, 0.5) is 0 Å². The zero-order chi connectivity index (χ0) is 25.9. The third kappa shape index (κ3) is 4.80. The average Bonchev–Trinajstić information content (AvgIpc) is 3.57. The highest BCUT2D eigenvalue weighted by Crippen LogP contribution is 2.25. The predicted octanol–water partition coefficient (Wildman–Crippen LogP) is 6.26. The molecular weight excluding hydrogens is 472 g/mol. The molecule has 0 aliphatic rings. The molecule has 188 valence electrons. The van der Waals surface area contributed by atoms with Crippen LogP contribution in [0.1, 0.15) is 38.3 Å². The van der Waals surface area contributed by atoms with E-state index >= 15 is 0 Å². The van der Waals surface area contributed by atoms with Crippen LogP contribution in [0.15, 0.2) is 84.5 Å². The molecular formula is C30H28N8. The van der Waals surface area contributed by atoms with Gasteiger partial charge in [-0.25, -0.2) is 29.9 Å². The van der Waals surface area contributed by atoms with Gasteiger partial charge in [0.05, 0.1) is 22.1 Å². The van der Waals surface area contributed by atoms with E-state index in [1.165, 1.54) is 11.1 Å². The Labute approximate surface area is 220 Å². The van der Waals surface area contributed by atoms with E-state index in [0.717, 1.165) is 70.5 Å². The van der Waals surface area contributed by atoms with Crippen molar-refractivity contribution in [2.45, 2.75) is 39.5 Å². The summed E-state index contributed by atoms with van der Waals surface area (Å²) in [6, 6.07) is 15.9. The third-order valence-corrected chi connectivity index (χ3v) is 6.83. The van der Waals surface area contributed by atoms with Crippen molar-refractivity contribution in [3.05, 3.63) is 96.1 Å². The first-order valence-electron chi connectivity index (χ1n) is 12.9. The minimum Gasteiger partial charge on any atom is -0.342 e. The van der Waals surface area contributed by atoms with Crippen molar-refractivity contribution in [1.82, 2.24) is 39.9 Å². The molecule has 0 spiro atoms. The van der Waals surface area contributed by atoms with Crippen molar-refractivity contribution < 1.29 is 0 Å². The Morgan fingerprint density at radius 2 is 1.03 bits per heavy atom. The maximum absolute atomic E-state index is 4.87. The van der Waals surface area contributed by atoms with Crippen LogP contribution >= 0.6 is 0 Å². The van der Waals surface area contributed by atoms with E-state index in [9.17, 15) is 0 Å². The second-order valence-corrected chi connectivity index (χ2v) is 9.24. The quantitative estimate of drug-likeness (QED) is 0.239. The Morgan fingerprint density at radius 1 is 0.605 bits per heavy atom. The lowest BCUT2D eigenvalue weighted by Gasteiger charge is -2.11. The Hall–Kier alpha value is -4.72. The van der Waals surface area contributed by atoms with Crippen LogP contribution in [0.3, 0.4) is 0 Å². The number of allylic oxidation sites excluding steroid dienone is 2. The first-order chi connectivity index (χ1) is 18.7. The van der Waals surface area contributed by atoms with Crippen LogP contribution in [0.2, 0.25) is 0 Å². The second kappa shape index (κ2) is 10.3. The molecule has 8 nitrogen and oxygen atoms in total. The number of imidazole rings is 2. The molecule has 0 atom stereocenters. The molecule has 4 aromatic heterocycles. The summed E-state index contributed by atoms with van der Waals surface area (Å²) in [6.45, 7) is 4.42. The number of nitrogens with one attached hydrogen (secondary N) is 2. The summed E-state index contributed by atoms with van der Waals surface area (Å²) in [5.74, 6) is 3.35. The molecule has 6 rings (SSSR count). The maximum Gasteiger partial charge on any atom is 0.159 e. The first kappa shape index (κ1) is 23.7. The molecule has 8 heteroatoms. The van der Waals surface area contributed by atoms with E-state index in [4.69, 9.17) is 9.97 Å². The van der Waals surface area contributed by atoms with Crippen molar-refractivity contribution >= 4 is 22.1 Å². The van der Waals surface area contributed by atoms with E-state index in [0.29, 0.717) is 11.6 Å². The van der Waals surface area contributed by atoms with E-state index in [1.54, 1.807) is 24.8 Å². The summed E-state index contributed by atoms with van der Waals surface area (Å²) in [6.07, 6.45) is 10.5. The highest BCUT2D eigenvalue weighted by Gasteiger charge is 2.13. The monoisotopic (exact) mass is 500 g/mol. The van der Waals surface area contributed by atoms with Crippen molar-refractivity contribution in [2.75, 3.05) is 0 Å². The summed E-state index contributed by atoms with van der Waals surface area (Å²) >= 11 is 0. The van der Waals surface area contributed by atoms with Gasteiger partial charge < -0.3 is 9.97 Å². The van der Waals surface area contributed by atoms with E-state index < -0.39 is 0 Å². The standard InChI is InChI=1S/C30H28N8/c1-3-19(17-27-35-23-9-7-21(15-25(23)37-27)29-31-11-5-12-32-29)20(4-2)18-28-36-24-10-8-22(16-26(24)38-28)30-33-13-6-14-34-30/h5-16H,3-4,17-18H2,1-2H3,(H,35,37)(H,36,38)/b20-19+. The summed E-state index contributed by atoms with van der Waals surface area (Å²) in [4.78, 5) is 34.2. The Balaban J connectivity index is 1.25. The van der Waals surface area contributed by atoms with Crippen LogP contribution in [0, 0.1) is 0 Å². The van der Waals surface area contributed by atoms with Crippen LogP contribution in [-0.2, 0) is 12.8 Å². The van der Waals surface area contributed by atoms with Crippen LogP contribution in [0.5, 0.6) is 0 Å². The van der Waals surface area contributed by atoms with Crippen molar-refractivity contribution in [2.24, 2.45) is 0 Å². The highest BCUT2D eigenvalue weighted by atomic mass is 14.9. The minimum atomic E-state index is 0.710. The maximum atomic E-state index is 4.87. The molecule has 2 N–H and O–H groups in total. The molecule has 0 saturated carbocycles. The van der Waals surface area contributed by atoms with Gasteiger partial charge in [0.2, 0.25) is 0 Å². The van der Waals surface area contributed by atoms with Gasteiger partial charge in [0, 0.05) is 48.8 Å². The molecule has 2 aromatic carbocycles. The van der Waals surface area contributed by atoms with Crippen molar-refractivity contribution in [1.29, 1.82) is 0 Å². The number of H-pyrrole nitrogens is 2. The number of rotatable bonds is 8. The topological polar surface area (TPSA) is 109 Å². The molecule has 0 aliphatic carbocycles. The van der Waals surface area contributed by atoms with E-state index in [-0.39, 0.29) is 0 Å². The van der Waals surface area contributed by atoms with E-state index in [2.05, 4.69) is 55.9 Å². The third-order valence-electron chi connectivity index (χ3n) is 6.83. The normalized spacial score (nSPS) is 12.3. The van der Waals surface area contributed by atoms with Gasteiger partial charge in [-0.2, -0.15) is 0 Å². The highest BCUT2D eigenvalue weighted by molar-refractivity contribution is 5.81. The smallest absolute Gasteiger partial charge is 0.159 e. The number of nitrogens with zero attached hydrogens (tertiary/aromatic N) is 6. The fraction of sp³-hybridized carbons (Fsp3) is 0.200.